The number of hydrogen-bond donors (Lipinski definition) is 0. The summed E-state index contributed by atoms with van der Waals surface area (Å²) in [7, 11) is 2.18. The summed E-state index contributed by atoms with van der Waals surface area (Å²) in [5.41, 5.74) is 5.11. The van der Waals surface area contributed by atoms with Crippen molar-refractivity contribution >= 4 is 39.2 Å². The number of pyridine rings is 1. The van der Waals surface area contributed by atoms with E-state index < -0.39 is 0 Å². The molecule has 3 aromatic heterocycles. The van der Waals surface area contributed by atoms with Gasteiger partial charge in [0.2, 0.25) is 0 Å². The van der Waals surface area contributed by atoms with Gasteiger partial charge in [0.05, 0.1) is 4.34 Å². The maximum atomic E-state index is 6.29. The summed E-state index contributed by atoms with van der Waals surface area (Å²) in [4.78, 5) is 8.03. The molecule has 1 aliphatic rings. The second kappa shape index (κ2) is 6.36. The van der Waals surface area contributed by atoms with Gasteiger partial charge in [-0.25, -0.2) is 0 Å². The van der Waals surface area contributed by atoms with Crippen LogP contribution in [0.4, 0.5) is 0 Å². The van der Waals surface area contributed by atoms with Gasteiger partial charge in [-0.05, 0) is 37.2 Å². The van der Waals surface area contributed by atoms with Crippen molar-refractivity contribution in [1.82, 2.24) is 14.5 Å². The molecule has 0 saturated carbocycles. The number of aromatic nitrogens is 2. The third-order valence-corrected chi connectivity index (χ3v) is 5.90. The number of likely N-dealkylation sites (N-methyl/N-ethyl adjacent to an activating group) is 1. The zero-order valence-electron chi connectivity index (χ0n) is 13.9. The molecule has 3 nitrogen and oxygen atoms in total. The molecule has 0 saturated heterocycles. The van der Waals surface area contributed by atoms with E-state index in [2.05, 4.69) is 45.8 Å². The number of thiophene rings is 1. The summed E-state index contributed by atoms with van der Waals surface area (Å²) in [6, 6.07) is 6.28. The molecule has 0 atom stereocenters. The van der Waals surface area contributed by atoms with Crippen LogP contribution in [0.15, 0.2) is 30.5 Å². The van der Waals surface area contributed by atoms with Crippen LogP contribution in [-0.4, -0.2) is 28.0 Å². The molecule has 24 heavy (non-hydrogen) atoms. The largest absolute Gasteiger partial charge is 0.332 e. The predicted molar refractivity (Wildman–Crippen MR) is 103 cm³/mol. The molecular formula is C19H20ClN3S. The Balaban J connectivity index is 1.67. The van der Waals surface area contributed by atoms with Gasteiger partial charge in [-0.2, -0.15) is 0 Å². The molecule has 4 rings (SSSR count). The van der Waals surface area contributed by atoms with Gasteiger partial charge < -0.3 is 9.47 Å². The SMILES string of the molecule is Cc1ccc(C=CCn2c3c(c4cc(Cl)sc42)CN(C)CC3)cn1. The molecule has 0 spiro atoms. The molecule has 0 radical (unpaired) electrons. The fourth-order valence-electron chi connectivity index (χ4n) is 3.38. The Bertz CT molecular complexity index is 905. The highest BCUT2D eigenvalue weighted by Gasteiger charge is 2.23. The number of aryl methyl sites for hydroxylation is 1. The lowest BCUT2D eigenvalue weighted by atomic mass is 10.1. The Hall–Kier alpha value is -1.62. The molecule has 5 heteroatoms. The number of hydrogen-bond acceptors (Lipinski definition) is 3. The molecule has 0 fully saturated rings. The number of nitrogens with zero attached hydrogens (tertiary/aromatic N) is 3. The lowest BCUT2D eigenvalue weighted by Gasteiger charge is -2.24. The topological polar surface area (TPSA) is 21.1 Å². The van der Waals surface area contributed by atoms with E-state index in [1.165, 1.54) is 21.5 Å². The van der Waals surface area contributed by atoms with Crippen molar-refractivity contribution in [2.45, 2.75) is 26.4 Å². The van der Waals surface area contributed by atoms with E-state index in [4.69, 9.17) is 11.6 Å². The van der Waals surface area contributed by atoms with E-state index in [1.807, 2.05) is 19.2 Å². The van der Waals surface area contributed by atoms with E-state index in [1.54, 1.807) is 11.3 Å². The Morgan fingerprint density at radius 2 is 2.25 bits per heavy atom. The van der Waals surface area contributed by atoms with Crippen molar-refractivity contribution in [2.75, 3.05) is 13.6 Å². The second-order valence-electron chi connectivity index (χ2n) is 6.43. The number of fused-ring (bicyclic) bond motifs is 3. The highest BCUT2D eigenvalue weighted by Crippen LogP contribution is 2.38. The second-order valence-corrected chi connectivity index (χ2v) is 8.09. The molecule has 0 aromatic carbocycles. The van der Waals surface area contributed by atoms with E-state index in [9.17, 15) is 0 Å². The van der Waals surface area contributed by atoms with Crippen LogP contribution in [0.5, 0.6) is 0 Å². The maximum absolute atomic E-state index is 6.29. The van der Waals surface area contributed by atoms with Gasteiger partial charge in [-0.3, -0.25) is 4.98 Å². The first-order chi connectivity index (χ1) is 11.6. The summed E-state index contributed by atoms with van der Waals surface area (Å²) in [5, 5.41) is 1.33. The first-order valence-corrected chi connectivity index (χ1v) is 9.38. The first-order valence-electron chi connectivity index (χ1n) is 8.19. The minimum absolute atomic E-state index is 0.872. The van der Waals surface area contributed by atoms with Crippen molar-refractivity contribution in [3.63, 3.8) is 0 Å². The number of rotatable bonds is 3. The Morgan fingerprint density at radius 1 is 1.38 bits per heavy atom. The summed E-state index contributed by atoms with van der Waals surface area (Å²) in [6.45, 7) is 5.01. The van der Waals surface area contributed by atoms with Gasteiger partial charge >= 0.3 is 0 Å². The fourth-order valence-corrected chi connectivity index (χ4v) is 4.66. The molecule has 0 bridgehead atoms. The third kappa shape index (κ3) is 2.90. The van der Waals surface area contributed by atoms with Gasteiger partial charge in [0.1, 0.15) is 4.83 Å². The number of halogens is 1. The molecule has 3 aromatic rings. The molecule has 4 heterocycles. The highest BCUT2D eigenvalue weighted by atomic mass is 35.5. The zero-order valence-corrected chi connectivity index (χ0v) is 15.5. The summed E-state index contributed by atoms with van der Waals surface area (Å²) >= 11 is 7.97. The maximum Gasteiger partial charge on any atom is 0.105 e. The van der Waals surface area contributed by atoms with Crippen LogP contribution in [0, 0.1) is 6.92 Å². The number of allylic oxidation sites excluding steroid dienone is 1. The fraction of sp³-hybridized carbons (Fsp3) is 0.316. The average Bonchev–Trinajstić information content (AvgIpc) is 3.06. The first kappa shape index (κ1) is 15.9. The van der Waals surface area contributed by atoms with Crippen molar-refractivity contribution < 1.29 is 0 Å². The van der Waals surface area contributed by atoms with Crippen LogP contribution < -0.4 is 0 Å². The zero-order chi connectivity index (χ0) is 16.7. The van der Waals surface area contributed by atoms with Gasteiger partial charge in [-0.1, -0.05) is 29.8 Å². The van der Waals surface area contributed by atoms with Crippen LogP contribution in [0.2, 0.25) is 4.34 Å². The molecule has 0 N–H and O–H groups in total. The van der Waals surface area contributed by atoms with Crippen molar-refractivity contribution in [1.29, 1.82) is 0 Å². The molecule has 0 unspecified atom stereocenters. The minimum Gasteiger partial charge on any atom is -0.332 e. The van der Waals surface area contributed by atoms with Crippen LogP contribution in [0.1, 0.15) is 22.5 Å². The summed E-state index contributed by atoms with van der Waals surface area (Å²) < 4.78 is 3.31. The van der Waals surface area contributed by atoms with Gasteiger partial charge in [-0.15, -0.1) is 11.3 Å². The van der Waals surface area contributed by atoms with E-state index in [0.29, 0.717) is 0 Å². The predicted octanol–water partition coefficient (Wildman–Crippen LogP) is 4.76. The van der Waals surface area contributed by atoms with Gasteiger partial charge in [0, 0.05) is 49.0 Å². The Kier molecular flexibility index (Phi) is 4.21. The smallest absolute Gasteiger partial charge is 0.105 e. The normalized spacial score (nSPS) is 15.5. The van der Waals surface area contributed by atoms with Crippen LogP contribution >= 0.6 is 22.9 Å². The Morgan fingerprint density at radius 3 is 3.04 bits per heavy atom. The summed E-state index contributed by atoms with van der Waals surface area (Å²) in [5.74, 6) is 0. The van der Waals surface area contributed by atoms with E-state index >= 15 is 0 Å². The Labute approximate surface area is 151 Å². The average molecular weight is 358 g/mol. The van der Waals surface area contributed by atoms with E-state index in [0.717, 1.165) is 41.6 Å². The van der Waals surface area contributed by atoms with E-state index in [-0.39, 0.29) is 0 Å². The third-order valence-electron chi connectivity index (χ3n) is 4.62. The lowest BCUT2D eigenvalue weighted by molar-refractivity contribution is 0.310. The minimum atomic E-state index is 0.872. The molecule has 1 aliphatic heterocycles. The van der Waals surface area contributed by atoms with Crippen molar-refractivity contribution in [3.05, 3.63) is 57.3 Å². The van der Waals surface area contributed by atoms with Crippen molar-refractivity contribution in [2.24, 2.45) is 0 Å². The molecule has 124 valence electrons. The van der Waals surface area contributed by atoms with Crippen molar-refractivity contribution in [3.8, 4) is 0 Å². The molecular weight excluding hydrogens is 338 g/mol. The van der Waals surface area contributed by atoms with Crippen LogP contribution in [0.25, 0.3) is 16.3 Å². The van der Waals surface area contributed by atoms with Crippen LogP contribution in [-0.2, 0) is 19.5 Å². The standard InChI is InChI=1S/C19H20ClN3S/c1-13-5-6-14(11-21-13)4-3-8-23-17-7-9-22(2)12-16(17)15-10-18(20)24-19(15)23/h3-6,10-11H,7-9,12H2,1-2H3. The van der Waals surface area contributed by atoms with Crippen LogP contribution in [0.3, 0.4) is 0 Å². The monoisotopic (exact) mass is 357 g/mol. The highest BCUT2D eigenvalue weighted by molar-refractivity contribution is 7.22. The quantitative estimate of drug-likeness (QED) is 0.673. The van der Waals surface area contributed by atoms with Gasteiger partial charge in [0.15, 0.2) is 0 Å². The molecule has 0 amide bonds. The van der Waals surface area contributed by atoms with Gasteiger partial charge in [0.25, 0.3) is 0 Å². The summed E-state index contributed by atoms with van der Waals surface area (Å²) in [6.07, 6.45) is 7.39. The molecule has 0 aliphatic carbocycles. The lowest BCUT2D eigenvalue weighted by Crippen LogP contribution is -2.27.